The molecule has 166 valence electrons. The van der Waals surface area contributed by atoms with Crippen LogP contribution >= 0.6 is 35.6 Å². The van der Waals surface area contributed by atoms with Crippen LogP contribution in [-0.2, 0) is 20.1 Å². The molecule has 3 aromatic rings. The second kappa shape index (κ2) is 11.8. The predicted octanol–water partition coefficient (Wildman–Crippen LogP) is 4.74. The van der Waals surface area contributed by atoms with Crippen LogP contribution in [0.15, 0.2) is 64.3 Å². The van der Waals surface area contributed by atoms with E-state index in [4.69, 9.17) is 21.0 Å². The van der Waals surface area contributed by atoms with Crippen LogP contribution in [0.1, 0.15) is 28.7 Å². The van der Waals surface area contributed by atoms with E-state index < -0.39 is 0 Å². The van der Waals surface area contributed by atoms with Crippen LogP contribution in [0.2, 0.25) is 5.02 Å². The van der Waals surface area contributed by atoms with E-state index >= 15 is 0 Å². The summed E-state index contributed by atoms with van der Waals surface area (Å²) in [4.78, 5) is 18.8. The number of rotatable bonds is 7. The van der Waals surface area contributed by atoms with Crippen molar-refractivity contribution in [2.75, 3.05) is 18.9 Å². The number of halogens is 2. The second-order valence-electron chi connectivity index (χ2n) is 6.92. The van der Waals surface area contributed by atoms with E-state index in [1.54, 1.807) is 12.1 Å². The van der Waals surface area contributed by atoms with Crippen molar-refractivity contribution in [3.05, 3.63) is 77.0 Å². The molecule has 0 radical (unpaired) electrons. The number of furan rings is 1. The monoisotopic (exact) mass is 555 g/mol. The Hall–Kier alpha value is -2.46. The maximum Gasteiger partial charge on any atom is 0.291 e. The molecule has 0 saturated carbocycles. The fourth-order valence-corrected chi connectivity index (χ4v) is 3.24. The summed E-state index contributed by atoms with van der Waals surface area (Å²) in [6.45, 7) is 4.02. The molecule has 2 N–H and O–H groups in total. The third kappa shape index (κ3) is 7.03. The van der Waals surface area contributed by atoms with E-state index in [1.165, 1.54) is 6.26 Å². The Morgan fingerprint density at radius 2 is 2.00 bits per heavy atom. The number of anilines is 1. The number of carbonyl (C=O) groups is 1. The Balaban J connectivity index is 0.00000341. The summed E-state index contributed by atoms with van der Waals surface area (Å²) in [6, 6.07) is 12.9. The minimum Gasteiger partial charge on any atom is -0.459 e. The van der Waals surface area contributed by atoms with Gasteiger partial charge in [0, 0.05) is 38.2 Å². The number of benzene rings is 1. The lowest BCUT2D eigenvalue weighted by atomic mass is 10.2. The lowest BCUT2D eigenvalue weighted by Crippen LogP contribution is -2.38. The normalized spacial score (nSPS) is 11.0. The van der Waals surface area contributed by atoms with E-state index in [0.29, 0.717) is 18.8 Å². The average molecular weight is 556 g/mol. The fraction of sp³-hybridized carbons (Fsp3) is 0.273. The summed E-state index contributed by atoms with van der Waals surface area (Å²) >= 11 is 6.09. The summed E-state index contributed by atoms with van der Waals surface area (Å²) in [5.41, 5.74) is 2.84. The van der Waals surface area contributed by atoms with Gasteiger partial charge in [-0.2, -0.15) is 0 Å². The van der Waals surface area contributed by atoms with Crippen molar-refractivity contribution in [1.29, 1.82) is 0 Å². The molecule has 0 aliphatic heterocycles. The summed E-state index contributed by atoms with van der Waals surface area (Å²) < 4.78 is 7.11. The number of hydrogen-bond donors (Lipinski definition) is 2. The summed E-state index contributed by atoms with van der Waals surface area (Å²) in [7, 11) is 3.97. The predicted molar refractivity (Wildman–Crippen MR) is 135 cm³/mol. The maximum atomic E-state index is 12.0. The van der Waals surface area contributed by atoms with Gasteiger partial charge in [0.05, 0.1) is 24.4 Å². The van der Waals surface area contributed by atoms with Crippen LogP contribution in [0.3, 0.4) is 0 Å². The third-order valence-corrected chi connectivity index (χ3v) is 4.75. The molecule has 31 heavy (non-hydrogen) atoms. The molecule has 0 aliphatic carbocycles. The number of amides is 1. The average Bonchev–Trinajstić information content (AvgIpc) is 3.36. The molecular weight excluding hydrogens is 529 g/mol. The van der Waals surface area contributed by atoms with Gasteiger partial charge in [-0.15, -0.1) is 24.0 Å². The standard InChI is InChI=1S/C22H26ClN5O2.HI/c1-4-24-22(28(3)15-19-12-17(23)14-27(19)2)25-13-16-7-9-18(10-8-16)26-21(29)20-6-5-11-30-20;/h5-12,14H,4,13,15H2,1-3H3,(H,24,25)(H,26,29);1H. The Morgan fingerprint density at radius 1 is 1.26 bits per heavy atom. The van der Waals surface area contributed by atoms with Crippen molar-refractivity contribution in [3.63, 3.8) is 0 Å². The summed E-state index contributed by atoms with van der Waals surface area (Å²) in [5, 5.41) is 6.85. The third-order valence-electron chi connectivity index (χ3n) is 4.54. The lowest BCUT2D eigenvalue weighted by Gasteiger charge is -2.22. The van der Waals surface area contributed by atoms with Crippen molar-refractivity contribution >= 4 is 53.1 Å². The largest absolute Gasteiger partial charge is 0.459 e. The van der Waals surface area contributed by atoms with Crippen LogP contribution in [0.4, 0.5) is 5.69 Å². The van der Waals surface area contributed by atoms with E-state index in [0.717, 1.165) is 28.8 Å². The highest BCUT2D eigenvalue weighted by Crippen LogP contribution is 2.15. The van der Waals surface area contributed by atoms with Crippen LogP contribution < -0.4 is 10.6 Å². The van der Waals surface area contributed by atoms with Crippen molar-refractivity contribution in [2.24, 2.45) is 12.0 Å². The van der Waals surface area contributed by atoms with Gasteiger partial charge < -0.3 is 24.5 Å². The minimum absolute atomic E-state index is 0. The molecular formula is C22H27ClIN5O2. The molecule has 0 saturated heterocycles. The van der Waals surface area contributed by atoms with Crippen molar-refractivity contribution in [1.82, 2.24) is 14.8 Å². The number of nitrogens with one attached hydrogen (secondary N) is 2. The number of aromatic nitrogens is 1. The first-order chi connectivity index (χ1) is 14.5. The van der Waals surface area contributed by atoms with Gasteiger partial charge in [-0.3, -0.25) is 4.79 Å². The van der Waals surface area contributed by atoms with Crippen molar-refractivity contribution in [2.45, 2.75) is 20.0 Å². The number of aryl methyl sites for hydroxylation is 1. The van der Waals surface area contributed by atoms with Crippen LogP contribution in [-0.4, -0.2) is 34.9 Å². The first kappa shape index (κ1) is 24.8. The minimum atomic E-state index is -0.275. The molecule has 0 atom stereocenters. The Kier molecular flexibility index (Phi) is 9.44. The molecule has 7 nitrogen and oxygen atoms in total. The number of aliphatic imine (C=N–C) groups is 1. The van der Waals surface area contributed by atoms with E-state index in [2.05, 4.69) is 15.5 Å². The highest BCUT2D eigenvalue weighted by Gasteiger charge is 2.10. The van der Waals surface area contributed by atoms with E-state index in [-0.39, 0.29) is 35.6 Å². The fourth-order valence-electron chi connectivity index (χ4n) is 2.97. The Bertz CT molecular complexity index is 1000. The van der Waals surface area contributed by atoms with Gasteiger partial charge in [0.1, 0.15) is 0 Å². The van der Waals surface area contributed by atoms with E-state index in [1.807, 2.05) is 62.1 Å². The van der Waals surface area contributed by atoms with Gasteiger partial charge in [-0.25, -0.2) is 4.99 Å². The quantitative estimate of drug-likeness (QED) is 0.251. The zero-order valence-electron chi connectivity index (χ0n) is 17.8. The van der Waals surface area contributed by atoms with Gasteiger partial charge >= 0.3 is 0 Å². The maximum absolute atomic E-state index is 12.0. The molecule has 3 rings (SSSR count). The first-order valence-electron chi connectivity index (χ1n) is 9.70. The van der Waals surface area contributed by atoms with Gasteiger partial charge in [0.25, 0.3) is 5.91 Å². The highest BCUT2D eigenvalue weighted by molar-refractivity contribution is 14.0. The Morgan fingerprint density at radius 3 is 2.58 bits per heavy atom. The zero-order chi connectivity index (χ0) is 21.5. The highest BCUT2D eigenvalue weighted by atomic mass is 127. The number of hydrogen-bond acceptors (Lipinski definition) is 3. The molecule has 1 amide bonds. The van der Waals surface area contributed by atoms with Crippen LogP contribution in [0.25, 0.3) is 0 Å². The second-order valence-corrected chi connectivity index (χ2v) is 7.35. The smallest absolute Gasteiger partial charge is 0.291 e. The molecule has 0 unspecified atom stereocenters. The van der Waals surface area contributed by atoms with Gasteiger partial charge in [-0.1, -0.05) is 23.7 Å². The number of nitrogens with zero attached hydrogens (tertiary/aromatic N) is 3. The van der Waals surface area contributed by atoms with E-state index in [9.17, 15) is 4.79 Å². The number of carbonyl (C=O) groups excluding carboxylic acids is 1. The summed E-state index contributed by atoms with van der Waals surface area (Å²) in [5.74, 6) is 0.814. The molecule has 2 aromatic heterocycles. The molecule has 0 aliphatic rings. The first-order valence-corrected chi connectivity index (χ1v) is 10.1. The molecule has 9 heteroatoms. The van der Waals surface area contributed by atoms with Gasteiger partial charge in [0.15, 0.2) is 11.7 Å². The van der Waals surface area contributed by atoms with Crippen LogP contribution in [0.5, 0.6) is 0 Å². The molecule has 1 aromatic carbocycles. The Labute approximate surface area is 204 Å². The van der Waals surface area contributed by atoms with Crippen molar-refractivity contribution in [3.8, 4) is 0 Å². The van der Waals surface area contributed by atoms with Crippen molar-refractivity contribution < 1.29 is 9.21 Å². The topological polar surface area (TPSA) is 74.8 Å². The number of guanidine groups is 1. The lowest BCUT2D eigenvalue weighted by molar-refractivity contribution is 0.0996. The molecule has 0 spiro atoms. The van der Waals surface area contributed by atoms with Gasteiger partial charge in [-0.05, 0) is 42.8 Å². The molecule has 2 heterocycles. The van der Waals surface area contributed by atoms with Gasteiger partial charge in [0.2, 0.25) is 0 Å². The summed E-state index contributed by atoms with van der Waals surface area (Å²) in [6.07, 6.45) is 3.36. The molecule has 0 bridgehead atoms. The zero-order valence-corrected chi connectivity index (χ0v) is 20.8. The molecule has 0 fully saturated rings. The van der Waals surface area contributed by atoms with Crippen LogP contribution in [0, 0.1) is 0 Å². The SMILES string of the molecule is CCNC(=NCc1ccc(NC(=O)c2ccco2)cc1)N(C)Cc1cc(Cl)cn1C.I.